The highest BCUT2D eigenvalue weighted by atomic mass is 15.3. The molecular formula is C44H42N8. The molecule has 6 aliphatic rings. The van der Waals surface area contributed by atoms with Gasteiger partial charge in [0.05, 0.1) is 51.9 Å². The van der Waals surface area contributed by atoms with Gasteiger partial charge < -0.3 is 29.2 Å². The standard InChI is InChI=1S/C44H42N8/c1-48-23-9-5-13-36(48)41-35-22-21-33(47-35)28-32-18-17-30(45-32)27-31-19-20-34(46-31)29-39-42(37-14-6-10-24-49(37)2)43(38-15-7-11-25-50(38)3)44(41)52(39)40-16-8-12-26-51(40)4/h5-29,36-38,40,45H,1-4H3. The molecule has 3 aromatic heterocycles. The summed E-state index contributed by atoms with van der Waals surface area (Å²) in [6.07, 6.45) is 43.5. The molecule has 258 valence electrons. The number of allylic oxidation sites excluding steroid dienone is 8. The number of hydrogen-bond donors (Lipinski definition) is 1. The molecule has 0 aliphatic carbocycles. The first kappa shape index (κ1) is 31.7. The minimum absolute atomic E-state index is 0.0373. The Balaban J connectivity index is 1.55. The van der Waals surface area contributed by atoms with Gasteiger partial charge in [-0.3, -0.25) is 0 Å². The lowest BCUT2D eigenvalue weighted by molar-refractivity contribution is 0.310. The van der Waals surface area contributed by atoms with Crippen LogP contribution in [0, 0.1) is 0 Å². The lowest BCUT2D eigenvalue weighted by atomic mass is 9.90. The van der Waals surface area contributed by atoms with Crippen molar-refractivity contribution in [3.63, 3.8) is 0 Å². The van der Waals surface area contributed by atoms with Crippen LogP contribution in [-0.4, -0.2) is 67.3 Å². The normalized spacial score (nSPS) is 22.8. The Labute approximate surface area is 304 Å². The fourth-order valence-electron chi connectivity index (χ4n) is 8.08. The predicted octanol–water partition coefficient (Wildman–Crippen LogP) is 8.81. The highest BCUT2D eigenvalue weighted by molar-refractivity contribution is 5.86. The molecule has 8 heteroatoms. The topological polar surface area (TPSA) is 59.5 Å². The second-order valence-electron chi connectivity index (χ2n) is 14.0. The monoisotopic (exact) mass is 682 g/mol. The van der Waals surface area contributed by atoms with Gasteiger partial charge in [0.2, 0.25) is 0 Å². The lowest BCUT2D eigenvalue weighted by Gasteiger charge is -2.34. The van der Waals surface area contributed by atoms with Gasteiger partial charge >= 0.3 is 0 Å². The van der Waals surface area contributed by atoms with Crippen LogP contribution in [0.5, 0.6) is 0 Å². The van der Waals surface area contributed by atoms with E-state index in [4.69, 9.17) is 9.97 Å². The molecule has 8 bridgehead atoms. The molecule has 0 saturated carbocycles. The number of fused-ring (bicyclic) bond motifs is 8. The van der Waals surface area contributed by atoms with E-state index in [1.54, 1.807) is 0 Å². The fourth-order valence-corrected chi connectivity index (χ4v) is 8.08. The molecule has 0 fully saturated rings. The minimum Gasteiger partial charge on any atom is -0.370 e. The zero-order chi connectivity index (χ0) is 35.3. The third-order valence-corrected chi connectivity index (χ3v) is 10.6. The molecule has 0 amide bonds. The number of rotatable bonds is 4. The van der Waals surface area contributed by atoms with Crippen molar-refractivity contribution >= 4 is 46.4 Å². The molecule has 8 nitrogen and oxygen atoms in total. The largest absolute Gasteiger partial charge is 0.370 e. The Morgan fingerprint density at radius 3 is 1.60 bits per heavy atom. The Hall–Kier alpha value is -6.28. The molecule has 4 unspecified atom stereocenters. The minimum atomic E-state index is -0.125. The first-order chi connectivity index (χ1) is 25.4. The number of aromatic amines is 1. The van der Waals surface area contributed by atoms with Gasteiger partial charge in [0, 0.05) is 62.1 Å². The molecule has 6 aliphatic heterocycles. The van der Waals surface area contributed by atoms with E-state index in [1.807, 2.05) is 0 Å². The van der Waals surface area contributed by atoms with Crippen molar-refractivity contribution in [2.75, 3.05) is 28.2 Å². The summed E-state index contributed by atoms with van der Waals surface area (Å²) in [6, 6.07) is 10.5. The fraction of sp³-hybridized carbons (Fsp3) is 0.182. The van der Waals surface area contributed by atoms with Gasteiger partial charge in [0.25, 0.3) is 0 Å². The van der Waals surface area contributed by atoms with Crippen molar-refractivity contribution in [1.29, 1.82) is 0 Å². The molecule has 0 aromatic carbocycles. The highest BCUT2D eigenvalue weighted by Gasteiger charge is 2.36. The maximum atomic E-state index is 5.41. The summed E-state index contributed by atoms with van der Waals surface area (Å²) in [7, 11) is 8.67. The van der Waals surface area contributed by atoms with Crippen LogP contribution in [0.2, 0.25) is 0 Å². The third-order valence-electron chi connectivity index (χ3n) is 10.6. The average Bonchev–Trinajstić information content (AvgIpc) is 3.95. The molecule has 9 heterocycles. The SMILES string of the molecule is CN1C=CC=CC1c1c(C2C=CC=CN2C)c2c(C3C=CC=CN3C)c3nc(cc4ccc(cc5nc(cc1n2C1C=CC=CN1C)C=C5)[nH]4)C=C3. The van der Waals surface area contributed by atoms with Crippen LogP contribution >= 0.6 is 0 Å². The van der Waals surface area contributed by atoms with Crippen LogP contribution in [-0.2, 0) is 0 Å². The van der Waals surface area contributed by atoms with E-state index in [0.717, 1.165) is 50.4 Å². The van der Waals surface area contributed by atoms with Crippen LogP contribution < -0.4 is 0 Å². The van der Waals surface area contributed by atoms with Crippen molar-refractivity contribution in [1.82, 2.24) is 39.1 Å². The highest BCUT2D eigenvalue weighted by Crippen LogP contribution is 2.47. The van der Waals surface area contributed by atoms with E-state index in [-0.39, 0.29) is 24.3 Å². The van der Waals surface area contributed by atoms with E-state index in [9.17, 15) is 0 Å². The van der Waals surface area contributed by atoms with Gasteiger partial charge in [-0.1, -0.05) is 42.5 Å². The average molecular weight is 683 g/mol. The Bertz CT molecular complexity index is 2420. The number of aromatic nitrogens is 4. The first-order valence-corrected chi connectivity index (χ1v) is 17.9. The smallest absolute Gasteiger partial charge is 0.125 e. The summed E-state index contributed by atoms with van der Waals surface area (Å²) in [5.74, 6) is 0. The molecule has 0 spiro atoms. The Morgan fingerprint density at radius 2 is 1.00 bits per heavy atom. The summed E-state index contributed by atoms with van der Waals surface area (Å²) in [5.41, 5.74) is 11.6. The molecule has 1 N–H and O–H groups in total. The molecule has 9 rings (SSSR count). The Kier molecular flexibility index (Phi) is 7.80. The van der Waals surface area contributed by atoms with E-state index >= 15 is 0 Å². The number of nitrogens with one attached hydrogen (secondary N) is 1. The van der Waals surface area contributed by atoms with E-state index in [1.165, 1.54) is 11.1 Å². The number of likely N-dealkylation sites (N-methyl/N-ethyl adjacent to an activating group) is 4. The number of hydrogen-bond acceptors (Lipinski definition) is 6. The molecule has 0 radical (unpaired) electrons. The van der Waals surface area contributed by atoms with Crippen LogP contribution in [0.25, 0.3) is 46.4 Å². The quantitative estimate of drug-likeness (QED) is 0.205. The predicted molar refractivity (Wildman–Crippen MR) is 214 cm³/mol. The molecular weight excluding hydrogens is 641 g/mol. The van der Waals surface area contributed by atoms with Gasteiger partial charge in [-0.15, -0.1) is 0 Å². The molecule has 3 aromatic rings. The van der Waals surface area contributed by atoms with Crippen molar-refractivity contribution in [2.24, 2.45) is 0 Å². The molecule has 0 saturated heterocycles. The van der Waals surface area contributed by atoms with Crippen LogP contribution in [0.4, 0.5) is 0 Å². The van der Waals surface area contributed by atoms with Crippen molar-refractivity contribution in [2.45, 2.75) is 24.3 Å². The van der Waals surface area contributed by atoms with Gasteiger partial charge in [0.15, 0.2) is 0 Å². The van der Waals surface area contributed by atoms with Crippen molar-refractivity contribution < 1.29 is 0 Å². The van der Waals surface area contributed by atoms with E-state index in [2.05, 4.69) is 210 Å². The number of nitrogens with zero attached hydrogens (tertiary/aromatic N) is 7. The molecule has 52 heavy (non-hydrogen) atoms. The van der Waals surface area contributed by atoms with Crippen LogP contribution in [0.1, 0.15) is 63.8 Å². The maximum Gasteiger partial charge on any atom is 0.125 e. The summed E-state index contributed by atoms with van der Waals surface area (Å²) in [5, 5.41) is 0. The number of H-pyrrole nitrogens is 1. The van der Waals surface area contributed by atoms with Gasteiger partial charge in [-0.05, 0) is 104 Å². The van der Waals surface area contributed by atoms with Gasteiger partial charge in [-0.2, -0.15) is 0 Å². The first-order valence-electron chi connectivity index (χ1n) is 17.9. The molecule has 4 atom stereocenters. The zero-order valence-electron chi connectivity index (χ0n) is 29.9. The van der Waals surface area contributed by atoms with E-state index in [0.29, 0.717) is 0 Å². The second kappa shape index (κ2) is 12.8. The van der Waals surface area contributed by atoms with E-state index < -0.39 is 0 Å². The van der Waals surface area contributed by atoms with Gasteiger partial charge in [-0.25, -0.2) is 9.97 Å². The Morgan fingerprint density at radius 1 is 0.500 bits per heavy atom. The second-order valence-corrected chi connectivity index (χ2v) is 14.0. The van der Waals surface area contributed by atoms with Gasteiger partial charge in [0.1, 0.15) is 6.17 Å². The summed E-state index contributed by atoms with van der Waals surface area (Å²) >= 11 is 0. The summed E-state index contributed by atoms with van der Waals surface area (Å²) in [4.78, 5) is 23.4. The van der Waals surface area contributed by atoms with Crippen molar-refractivity contribution in [3.05, 3.63) is 168 Å². The van der Waals surface area contributed by atoms with Crippen LogP contribution in [0.15, 0.2) is 128 Å². The lowest BCUT2D eigenvalue weighted by Crippen LogP contribution is -2.27. The third kappa shape index (κ3) is 5.48. The van der Waals surface area contributed by atoms with Crippen molar-refractivity contribution in [3.8, 4) is 0 Å². The van der Waals surface area contributed by atoms with Crippen LogP contribution in [0.3, 0.4) is 0 Å². The zero-order valence-corrected chi connectivity index (χ0v) is 29.9. The maximum absolute atomic E-state index is 5.41. The summed E-state index contributed by atoms with van der Waals surface area (Å²) in [6.45, 7) is 0. The summed E-state index contributed by atoms with van der Waals surface area (Å²) < 4.78 is 2.55.